The van der Waals surface area contributed by atoms with Gasteiger partial charge in [-0.15, -0.1) is 0 Å². The first-order valence-corrected chi connectivity index (χ1v) is 7.71. The summed E-state index contributed by atoms with van der Waals surface area (Å²) in [4.78, 5) is 14.2. The molecule has 1 spiro atoms. The van der Waals surface area contributed by atoms with Gasteiger partial charge in [0.25, 0.3) is 0 Å². The van der Waals surface area contributed by atoms with E-state index in [1.54, 1.807) is 0 Å². The lowest BCUT2D eigenvalue weighted by atomic mass is 9.88. The van der Waals surface area contributed by atoms with Crippen molar-refractivity contribution in [1.29, 1.82) is 0 Å². The van der Waals surface area contributed by atoms with Crippen molar-refractivity contribution in [2.75, 3.05) is 26.8 Å². The van der Waals surface area contributed by atoms with E-state index in [2.05, 4.69) is 4.90 Å². The number of likely N-dealkylation sites (tertiary alicyclic amines) is 1. The van der Waals surface area contributed by atoms with Gasteiger partial charge in [-0.25, -0.2) is 0 Å². The van der Waals surface area contributed by atoms with Gasteiger partial charge in [0.15, 0.2) is 0 Å². The maximum absolute atomic E-state index is 11.6. The molecule has 0 amide bonds. The molecule has 2 aliphatic heterocycles. The van der Waals surface area contributed by atoms with E-state index < -0.39 is 0 Å². The number of hydrogen-bond donors (Lipinski definition) is 0. The van der Waals surface area contributed by atoms with Crippen molar-refractivity contribution in [2.24, 2.45) is 5.92 Å². The molecular formula is C15H25NO3. The molecule has 2 heterocycles. The van der Waals surface area contributed by atoms with Crippen LogP contribution in [0.2, 0.25) is 0 Å². The Balaban J connectivity index is 1.60. The lowest BCUT2D eigenvalue weighted by molar-refractivity contribution is -0.147. The van der Waals surface area contributed by atoms with Crippen molar-refractivity contribution in [3.8, 4) is 0 Å². The number of nitrogens with zero attached hydrogens (tertiary/aromatic N) is 1. The van der Waals surface area contributed by atoms with Crippen LogP contribution in [-0.2, 0) is 14.3 Å². The molecule has 108 valence electrons. The highest BCUT2D eigenvalue weighted by Gasteiger charge is 2.49. The third-order valence-electron chi connectivity index (χ3n) is 5.34. The summed E-state index contributed by atoms with van der Waals surface area (Å²) >= 11 is 0. The second-order valence-electron chi connectivity index (χ2n) is 6.26. The van der Waals surface area contributed by atoms with E-state index in [9.17, 15) is 4.79 Å². The van der Waals surface area contributed by atoms with Gasteiger partial charge in [-0.05, 0) is 45.2 Å². The van der Waals surface area contributed by atoms with Gasteiger partial charge < -0.3 is 9.47 Å². The van der Waals surface area contributed by atoms with Crippen molar-refractivity contribution in [3.63, 3.8) is 0 Å². The number of piperidine rings is 1. The second kappa shape index (κ2) is 5.41. The predicted octanol–water partition coefficient (Wildman–Crippen LogP) is 1.97. The van der Waals surface area contributed by atoms with E-state index in [1.165, 1.54) is 39.2 Å². The monoisotopic (exact) mass is 267 g/mol. The van der Waals surface area contributed by atoms with Gasteiger partial charge in [-0.1, -0.05) is 12.8 Å². The van der Waals surface area contributed by atoms with Crippen molar-refractivity contribution in [2.45, 2.75) is 56.6 Å². The topological polar surface area (TPSA) is 38.8 Å². The van der Waals surface area contributed by atoms with E-state index in [0.29, 0.717) is 6.04 Å². The molecule has 4 nitrogen and oxygen atoms in total. The molecule has 0 bridgehead atoms. The van der Waals surface area contributed by atoms with Crippen LogP contribution in [0.3, 0.4) is 0 Å². The van der Waals surface area contributed by atoms with Gasteiger partial charge in [0.05, 0.1) is 18.6 Å². The summed E-state index contributed by atoms with van der Waals surface area (Å²) in [5.74, 6) is 0.0843. The Hall–Kier alpha value is -0.610. The zero-order chi connectivity index (χ0) is 13.3. The fourth-order valence-electron chi connectivity index (χ4n) is 4.31. The van der Waals surface area contributed by atoms with Crippen molar-refractivity contribution in [3.05, 3.63) is 0 Å². The fraction of sp³-hybridized carbons (Fsp3) is 0.933. The lowest BCUT2D eigenvalue weighted by Crippen LogP contribution is -2.51. The summed E-state index contributed by atoms with van der Waals surface area (Å²) in [5, 5.41) is 0. The Kier molecular flexibility index (Phi) is 3.81. The Morgan fingerprint density at radius 3 is 2.53 bits per heavy atom. The molecule has 3 rings (SSSR count). The summed E-state index contributed by atoms with van der Waals surface area (Å²) in [5.41, 5.74) is 0.151. The molecule has 0 aromatic carbocycles. The van der Waals surface area contributed by atoms with Crippen LogP contribution in [0.15, 0.2) is 0 Å². The molecule has 1 saturated carbocycles. The number of esters is 1. The summed E-state index contributed by atoms with van der Waals surface area (Å²) in [6, 6.07) is 0.591. The third-order valence-corrected chi connectivity index (χ3v) is 5.34. The Labute approximate surface area is 115 Å². The van der Waals surface area contributed by atoms with Crippen molar-refractivity contribution < 1.29 is 14.3 Å². The van der Waals surface area contributed by atoms with Gasteiger partial charge in [0.1, 0.15) is 0 Å². The molecule has 1 atom stereocenters. The van der Waals surface area contributed by atoms with Crippen LogP contribution < -0.4 is 0 Å². The smallest absolute Gasteiger partial charge is 0.308 e. The van der Waals surface area contributed by atoms with Crippen LogP contribution in [0, 0.1) is 5.92 Å². The van der Waals surface area contributed by atoms with Crippen LogP contribution in [0.25, 0.3) is 0 Å². The zero-order valence-corrected chi connectivity index (χ0v) is 11.9. The molecule has 2 saturated heterocycles. The van der Waals surface area contributed by atoms with Crippen LogP contribution in [-0.4, -0.2) is 49.3 Å². The van der Waals surface area contributed by atoms with Gasteiger partial charge in [-0.3, -0.25) is 9.69 Å². The number of hydrogen-bond acceptors (Lipinski definition) is 4. The molecule has 0 N–H and O–H groups in total. The molecule has 0 aromatic rings. The number of methoxy groups -OCH3 is 1. The third kappa shape index (κ3) is 2.40. The fourth-order valence-corrected chi connectivity index (χ4v) is 4.31. The highest BCUT2D eigenvalue weighted by Crippen LogP contribution is 2.44. The summed E-state index contributed by atoms with van der Waals surface area (Å²) in [7, 11) is 1.49. The maximum atomic E-state index is 11.6. The Morgan fingerprint density at radius 2 is 1.89 bits per heavy atom. The van der Waals surface area contributed by atoms with Crippen LogP contribution in [0.5, 0.6) is 0 Å². The lowest BCUT2D eigenvalue weighted by Gasteiger charge is -2.41. The first-order valence-electron chi connectivity index (χ1n) is 7.71. The normalized spacial score (nSPS) is 31.9. The average Bonchev–Trinajstić information content (AvgIpc) is 3.09. The number of carbonyl (C=O) groups is 1. The van der Waals surface area contributed by atoms with E-state index in [1.807, 2.05) is 0 Å². The Bertz CT molecular complexity index is 325. The summed E-state index contributed by atoms with van der Waals surface area (Å²) < 4.78 is 11.0. The Morgan fingerprint density at radius 1 is 1.21 bits per heavy atom. The van der Waals surface area contributed by atoms with E-state index in [0.717, 1.165) is 32.5 Å². The van der Waals surface area contributed by atoms with E-state index in [-0.39, 0.29) is 17.5 Å². The van der Waals surface area contributed by atoms with Crippen molar-refractivity contribution in [1.82, 2.24) is 4.90 Å². The SMILES string of the molecule is COC(=O)C1CCN(C2CCOC23CCCC3)CC1. The quantitative estimate of drug-likeness (QED) is 0.717. The molecule has 0 aromatic heterocycles. The molecule has 3 aliphatic rings. The highest BCUT2D eigenvalue weighted by atomic mass is 16.5. The van der Waals surface area contributed by atoms with Gasteiger partial charge in [0.2, 0.25) is 0 Å². The molecule has 3 fully saturated rings. The molecule has 19 heavy (non-hydrogen) atoms. The predicted molar refractivity (Wildman–Crippen MR) is 71.9 cm³/mol. The van der Waals surface area contributed by atoms with Crippen molar-refractivity contribution >= 4 is 5.97 Å². The molecule has 0 radical (unpaired) electrons. The standard InChI is InChI=1S/C15H25NO3/c1-18-14(17)12-4-9-16(10-5-12)13-6-11-19-15(13)7-2-3-8-15/h12-13H,2-11H2,1H3. The number of rotatable bonds is 2. The molecule has 4 heteroatoms. The van der Waals surface area contributed by atoms with Crippen LogP contribution in [0.1, 0.15) is 44.9 Å². The molecule has 1 aliphatic carbocycles. The van der Waals surface area contributed by atoms with Gasteiger partial charge in [-0.2, -0.15) is 0 Å². The van der Waals surface area contributed by atoms with E-state index >= 15 is 0 Å². The minimum Gasteiger partial charge on any atom is -0.469 e. The zero-order valence-electron chi connectivity index (χ0n) is 11.9. The maximum Gasteiger partial charge on any atom is 0.308 e. The summed E-state index contributed by atoms with van der Waals surface area (Å²) in [6.07, 6.45) is 8.15. The molecular weight excluding hydrogens is 242 g/mol. The second-order valence-corrected chi connectivity index (χ2v) is 6.26. The minimum absolute atomic E-state index is 0.0297. The average molecular weight is 267 g/mol. The number of carbonyl (C=O) groups excluding carboxylic acids is 1. The highest BCUT2D eigenvalue weighted by molar-refractivity contribution is 5.72. The summed E-state index contributed by atoms with van der Waals surface area (Å²) in [6.45, 7) is 2.96. The van der Waals surface area contributed by atoms with Gasteiger partial charge >= 0.3 is 5.97 Å². The number of ether oxygens (including phenoxy) is 2. The minimum atomic E-state index is -0.0297. The first-order chi connectivity index (χ1) is 9.25. The van der Waals surface area contributed by atoms with E-state index in [4.69, 9.17) is 9.47 Å². The molecule has 1 unspecified atom stereocenters. The first kappa shape index (κ1) is 13.4. The van der Waals surface area contributed by atoms with Gasteiger partial charge in [0, 0.05) is 12.6 Å². The largest absolute Gasteiger partial charge is 0.469 e. The van der Waals surface area contributed by atoms with Crippen LogP contribution in [0.4, 0.5) is 0 Å². The van der Waals surface area contributed by atoms with Crippen LogP contribution >= 0.6 is 0 Å².